The molecule has 2 aliphatic rings. The summed E-state index contributed by atoms with van der Waals surface area (Å²) in [6, 6.07) is 0. The Morgan fingerprint density at radius 1 is 1.23 bits per heavy atom. The number of hydrogen-bond acceptors (Lipinski definition) is 3. The van der Waals surface area contributed by atoms with E-state index in [9.17, 15) is 0 Å². The summed E-state index contributed by atoms with van der Waals surface area (Å²) in [6.07, 6.45) is 22.7. The fraction of sp³-hybridized carbons (Fsp3) is 0.368. The monoisotopic (exact) mass is 297 g/mol. The Hall–Kier alpha value is -2.00. The van der Waals surface area contributed by atoms with Gasteiger partial charge in [-0.15, -0.1) is 0 Å². The first-order valence-corrected chi connectivity index (χ1v) is 7.96. The Bertz CT molecular complexity index is 549. The molecule has 0 aromatic rings. The van der Waals surface area contributed by atoms with Crippen LogP contribution in [0.5, 0.6) is 0 Å². The summed E-state index contributed by atoms with van der Waals surface area (Å²) in [5.41, 5.74) is 2.36. The topological polar surface area (TPSA) is 27.3 Å². The van der Waals surface area contributed by atoms with Crippen molar-refractivity contribution in [3.05, 3.63) is 72.2 Å². The van der Waals surface area contributed by atoms with Gasteiger partial charge < -0.3 is 15.5 Å². The minimum Gasteiger partial charge on any atom is -0.388 e. The van der Waals surface area contributed by atoms with Gasteiger partial charge in [0.1, 0.15) is 0 Å². The van der Waals surface area contributed by atoms with Crippen LogP contribution in [0.4, 0.5) is 0 Å². The average Bonchev–Trinajstić information content (AvgIpc) is 2.60. The second kappa shape index (κ2) is 7.85. The van der Waals surface area contributed by atoms with Gasteiger partial charge in [0, 0.05) is 25.8 Å². The molecule has 118 valence electrons. The summed E-state index contributed by atoms with van der Waals surface area (Å²) in [6.45, 7) is 4.23. The van der Waals surface area contributed by atoms with E-state index in [4.69, 9.17) is 0 Å². The van der Waals surface area contributed by atoms with Crippen LogP contribution >= 0.6 is 0 Å². The lowest BCUT2D eigenvalue weighted by Gasteiger charge is -2.28. The van der Waals surface area contributed by atoms with Gasteiger partial charge in [-0.25, -0.2) is 0 Å². The van der Waals surface area contributed by atoms with Crippen molar-refractivity contribution in [2.24, 2.45) is 0 Å². The van der Waals surface area contributed by atoms with Gasteiger partial charge in [0.05, 0.1) is 5.54 Å². The van der Waals surface area contributed by atoms with Crippen molar-refractivity contribution >= 4 is 0 Å². The molecule has 0 spiro atoms. The van der Waals surface area contributed by atoms with Crippen LogP contribution in [0, 0.1) is 0 Å². The van der Waals surface area contributed by atoms with Crippen LogP contribution in [0.25, 0.3) is 0 Å². The largest absolute Gasteiger partial charge is 0.388 e. The number of nitrogens with one attached hydrogen (secondary N) is 2. The molecule has 0 saturated heterocycles. The van der Waals surface area contributed by atoms with E-state index in [0.29, 0.717) is 0 Å². The highest BCUT2D eigenvalue weighted by Crippen LogP contribution is 2.21. The summed E-state index contributed by atoms with van der Waals surface area (Å²) < 4.78 is 0. The smallest absolute Gasteiger partial charge is 0.0590 e. The lowest BCUT2D eigenvalue weighted by Crippen LogP contribution is -2.39. The minimum atomic E-state index is -0.0829. The molecule has 0 bridgehead atoms. The second-order valence-electron chi connectivity index (χ2n) is 5.56. The number of rotatable bonds is 6. The van der Waals surface area contributed by atoms with Crippen LogP contribution in [0.1, 0.15) is 13.3 Å². The van der Waals surface area contributed by atoms with Gasteiger partial charge in [-0.2, -0.15) is 0 Å². The predicted molar refractivity (Wildman–Crippen MR) is 95.4 cm³/mol. The van der Waals surface area contributed by atoms with Crippen molar-refractivity contribution in [2.75, 3.05) is 27.2 Å². The van der Waals surface area contributed by atoms with Crippen LogP contribution in [0.15, 0.2) is 72.2 Å². The summed E-state index contributed by atoms with van der Waals surface area (Å²) in [5.74, 6) is 0. The predicted octanol–water partition coefficient (Wildman–Crippen LogP) is 2.90. The van der Waals surface area contributed by atoms with Crippen molar-refractivity contribution in [3.8, 4) is 0 Å². The van der Waals surface area contributed by atoms with Crippen molar-refractivity contribution in [1.29, 1.82) is 0 Å². The molecule has 1 aliphatic heterocycles. The Labute approximate surface area is 134 Å². The van der Waals surface area contributed by atoms with Crippen LogP contribution in [0.2, 0.25) is 0 Å². The van der Waals surface area contributed by atoms with Gasteiger partial charge in [-0.3, -0.25) is 0 Å². The van der Waals surface area contributed by atoms with Gasteiger partial charge >= 0.3 is 0 Å². The van der Waals surface area contributed by atoms with Gasteiger partial charge in [-0.1, -0.05) is 42.5 Å². The molecule has 0 saturated carbocycles. The molecular formula is C19H27N3. The van der Waals surface area contributed by atoms with Gasteiger partial charge in [0.15, 0.2) is 0 Å². The van der Waals surface area contributed by atoms with Crippen LogP contribution in [-0.4, -0.2) is 37.6 Å². The summed E-state index contributed by atoms with van der Waals surface area (Å²) in [7, 11) is 3.95. The Morgan fingerprint density at radius 2 is 2.09 bits per heavy atom. The van der Waals surface area contributed by atoms with Gasteiger partial charge in [-0.05, 0) is 44.3 Å². The molecule has 1 atom stereocenters. The number of nitrogens with zero attached hydrogens (tertiary/aromatic N) is 1. The molecule has 0 radical (unpaired) electrons. The second-order valence-corrected chi connectivity index (χ2v) is 5.56. The Balaban J connectivity index is 1.93. The highest BCUT2D eigenvalue weighted by molar-refractivity contribution is 5.37. The molecule has 0 fully saturated rings. The summed E-state index contributed by atoms with van der Waals surface area (Å²) >= 11 is 0. The molecule has 3 nitrogen and oxygen atoms in total. The molecule has 1 heterocycles. The first kappa shape index (κ1) is 16.4. The molecule has 1 unspecified atom stereocenters. The Morgan fingerprint density at radius 3 is 2.64 bits per heavy atom. The van der Waals surface area contributed by atoms with E-state index < -0.39 is 0 Å². The number of likely N-dealkylation sites (N-methyl/N-ethyl adjacent to an activating group) is 3. The lowest BCUT2D eigenvalue weighted by atomic mass is 9.90. The van der Waals surface area contributed by atoms with Gasteiger partial charge in [0.2, 0.25) is 0 Å². The Kier molecular flexibility index (Phi) is 5.84. The normalized spacial score (nSPS) is 25.0. The molecule has 0 amide bonds. The average molecular weight is 297 g/mol. The molecule has 2 N–H and O–H groups in total. The quantitative estimate of drug-likeness (QED) is 0.738. The molecule has 2 rings (SSSR count). The van der Waals surface area contributed by atoms with Crippen LogP contribution in [-0.2, 0) is 0 Å². The minimum absolute atomic E-state index is 0.0829. The third kappa shape index (κ3) is 4.25. The first-order chi connectivity index (χ1) is 10.7. The highest BCUT2D eigenvalue weighted by Gasteiger charge is 2.22. The lowest BCUT2D eigenvalue weighted by molar-refractivity contribution is 0.434. The molecule has 0 aromatic heterocycles. The van der Waals surface area contributed by atoms with E-state index in [1.807, 2.05) is 14.1 Å². The summed E-state index contributed by atoms with van der Waals surface area (Å²) in [4.78, 5) is 2.28. The van der Waals surface area contributed by atoms with E-state index in [2.05, 4.69) is 83.3 Å². The standard InChI is InChI=1S/C19H27N3/c1-4-22-15-10-17(11-16-22)7-5-6-12-19(21-3)13-8-18(20-2)9-14-19/h5-13,15,20-21H,4,14,16H2,1-3H3. The van der Waals surface area contributed by atoms with Crippen molar-refractivity contribution < 1.29 is 0 Å². The van der Waals surface area contributed by atoms with Crippen LogP contribution < -0.4 is 10.6 Å². The van der Waals surface area contributed by atoms with E-state index in [1.54, 1.807) is 0 Å². The zero-order chi connectivity index (χ0) is 15.8. The van der Waals surface area contributed by atoms with E-state index in [0.717, 1.165) is 19.5 Å². The number of allylic oxidation sites excluding steroid dienone is 6. The van der Waals surface area contributed by atoms with E-state index in [-0.39, 0.29) is 5.54 Å². The fourth-order valence-electron chi connectivity index (χ4n) is 2.53. The third-order valence-electron chi connectivity index (χ3n) is 4.21. The van der Waals surface area contributed by atoms with E-state index >= 15 is 0 Å². The summed E-state index contributed by atoms with van der Waals surface area (Å²) in [5, 5.41) is 6.57. The maximum atomic E-state index is 3.40. The maximum absolute atomic E-state index is 3.40. The van der Waals surface area contributed by atoms with Crippen molar-refractivity contribution in [2.45, 2.75) is 18.9 Å². The van der Waals surface area contributed by atoms with Crippen molar-refractivity contribution in [1.82, 2.24) is 15.5 Å². The highest BCUT2D eigenvalue weighted by atomic mass is 15.1. The zero-order valence-electron chi connectivity index (χ0n) is 13.8. The van der Waals surface area contributed by atoms with E-state index in [1.165, 1.54) is 11.3 Å². The molecular weight excluding hydrogens is 270 g/mol. The fourth-order valence-corrected chi connectivity index (χ4v) is 2.53. The molecule has 0 aromatic carbocycles. The van der Waals surface area contributed by atoms with Crippen LogP contribution in [0.3, 0.4) is 0 Å². The molecule has 1 aliphatic carbocycles. The molecule has 22 heavy (non-hydrogen) atoms. The third-order valence-corrected chi connectivity index (χ3v) is 4.21. The number of hydrogen-bond donors (Lipinski definition) is 2. The van der Waals surface area contributed by atoms with Gasteiger partial charge in [0.25, 0.3) is 0 Å². The zero-order valence-corrected chi connectivity index (χ0v) is 13.8. The SMILES string of the molecule is CCN1C=CC(C=CC=CC2(NC)C=CC(NC)=CC2)=CC1. The first-order valence-electron chi connectivity index (χ1n) is 7.96. The molecule has 3 heteroatoms. The maximum Gasteiger partial charge on any atom is 0.0590 e. The van der Waals surface area contributed by atoms with Crippen molar-refractivity contribution in [3.63, 3.8) is 0 Å².